The van der Waals surface area contributed by atoms with Gasteiger partial charge in [-0.1, -0.05) is 12.1 Å². The maximum absolute atomic E-state index is 12.1. The Kier molecular flexibility index (Phi) is 7.25. The van der Waals surface area contributed by atoms with E-state index in [2.05, 4.69) is 10.6 Å². The van der Waals surface area contributed by atoms with Crippen LogP contribution in [0.3, 0.4) is 0 Å². The number of aliphatic hydroxyl groups excluding tert-OH is 1. The molecule has 0 radical (unpaired) electrons. The first-order valence-corrected chi connectivity index (χ1v) is 8.10. The van der Waals surface area contributed by atoms with Gasteiger partial charge < -0.3 is 30.0 Å². The van der Waals surface area contributed by atoms with E-state index >= 15 is 0 Å². The van der Waals surface area contributed by atoms with Gasteiger partial charge in [-0.2, -0.15) is 0 Å². The van der Waals surface area contributed by atoms with E-state index in [1.807, 2.05) is 18.2 Å². The van der Waals surface area contributed by atoms with Gasteiger partial charge >= 0.3 is 6.03 Å². The van der Waals surface area contributed by atoms with Crippen LogP contribution in [0.5, 0.6) is 11.5 Å². The largest absolute Gasteiger partial charge is 0.497 e. The number of rotatable bonds is 8. The van der Waals surface area contributed by atoms with Crippen LogP contribution < -0.4 is 20.1 Å². The van der Waals surface area contributed by atoms with Crippen LogP contribution >= 0.6 is 0 Å². The van der Waals surface area contributed by atoms with Gasteiger partial charge in [0.25, 0.3) is 0 Å². The number of anilines is 1. The molecule has 2 rings (SSSR count). The van der Waals surface area contributed by atoms with Crippen molar-refractivity contribution in [2.24, 2.45) is 0 Å². The zero-order valence-corrected chi connectivity index (χ0v) is 15.1. The second-order valence-electron chi connectivity index (χ2n) is 5.59. The number of hydrogen-bond acceptors (Lipinski definition) is 5. The molecule has 0 aliphatic carbocycles. The minimum absolute atomic E-state index is 0.0210. The summed E-state index contributed by atoms with van der Waals surface area (Å²) < 4.78 is 15.5. The lowest BCUT2D eigenvalue weighted by Crippen LogP contribution is -2.32. The summed E-state index contributed by atoms with van der Waals surface area (Å²) in [6, 6.07) is 12.1. The van der Waals surface area contributed by atoms with Gasteiger partial charge in [0, 0.05) is 24.9 Å². The van der Waals surface area contributed by atoms with E-state index in [4.69, 9.17) is 14.2 Å². The number of ether oxygens (including phenoxy) is 3. The molecule has 1 unspecified atom stereocenters. The van der Waals surface area contributed by atoms with Crippen LogP contribution in [0.4, 0.5) is 10.5 Å². The monoisotopic (exact) mass is 360 g/mol. The third kappa shape index (κ3) is 5.37. The molecule has 2 amide bonds. The van der Waals surface area contributed by atoms with Crippen LogP contribution in [-0.2, 0) is 11.3 Å². The molecule has 0 bridgehead atoms. The number of urea groups is 1. The standard InChI is InChI=1S/C19H24N2O5/c1-24-12-13-5-4-6-14(9-13)21-19(23)20-11-17(22)16-10-15(25-2)7-8-18(16)26-3/h4-10,17,22H,11-12H2,1-3H3,(H2,20,21,23). The quantitative estimate of drug-likeness (QED) is 0.674. The number of carbonyl (C=O) groups is 1. The molecule has 0 spiro atoms. The van der Waals surface area contributed by atoms with E-state index in [0.29, 0.717) is 29.4 Å². The number of carbonyl (C=O) groups excluding carboxylic acids is 1. The third-order valence-electron chi connectivity index (χ3n) is 3.75. The van der Waals surface area contributed by atoms with Crippen molar-refractivity contribution in [3.8, 4) is 11.5 Å². The number of methoxy groups -OCH3 is 3. The van der Waals surface area contributed by atoms with Gasteiger partial charge in [0.05, 0.1) is 20.8 Å². The fourth-order valence-corrected chi connectivity index (χ4v) is 2.48. The minimum atomic E-state index is -0.939. The lowest BCUT2D eigenvalue weighted by Gasteiger charge is -2.17. The molecule has 7 nitrogen and oxygen atoms in total. The fourth-order valence-electron chi connectivity index (χ4n) is 2.48. The first-order chi connectivity index (χ1) is 12.6. The van der Waals surface area contributed by atoms with Gasteiger partial charge in [0.2, 0.25) is 0 Å². The highest BCUT2D eigenvalue weighted by Crippen LogP contribution is 2.29. The molecule has 140 valence electrons. The summed E-state index contributed by atoms with van der Waals surface area (Å²) in [6.45, 7) is 0.485. The molecule has 0 aromatic heterocycles. The molecule has 0 fully saturated rings. The Labute approximate surface area is 152 Å². The highest BCUT2D eigenvalue weighted by Gasteiger charge is 2.15. The van der Waals surface area contributed by atoms with Crippen LogP contribution in [0.15, 0.2) is 42.5 Å². The van der Waals surface area contributed by atoms with Crippen LogP contribution in [0.25, 0.3) is 0 Å². The Hall–Kier alpha value is -2.77. The first kappa shape index (κ1) is 19.6. The van der Waals surface area contributed by atoms with Crippen molar-refractivity contribution in [3.63, 3.8) is 0 Å². The van der Waals surface area contributed by atoms with Gasteiger partial charge in [-0.05, 0) is 35.9 Å². The van der Waals surface area contributed by atoms with E-state index in [1.165, 1.54) is 7.11 Å². The summed E-state index contributed by atoms with van der Waals surface area (Å²) in [6.07, 6.45) is -0.939. The number of benzene rings is 2. The van der Waals surface area contributed by atoms with E-state index in [0.717, 1.165) is 5.56 Å². The maximum Gasteiger partial charge on any atom is 0.319 e. The van der Waals surface area contributed by atoms with Crippen molar-refractivity contribution in [2.75, 3.05) is 33.2 Å². The summed E-state index contributed by atoms with van der Waals surface area (Å²) >= 11 is 0. The van der Waals surface area contributed by atoms with Crippen molar-refractivity contribution in [3.05, 3.63) is 53.6 Å². The van der Waals surface area contributed by atoms with Crippen LogP contribution in [0, 0.1) is 0 Å². The van der Waals surface area contributed by atoms with E-state index in [1.54, 1.807) is 38.5 Å². The van der Waals surface area contributed by atoms with Crippen molar-refractivity contribution in [1.82, 2.24) is 5.32 Å². The summed E-state index contributed by atoms with van der Waals surface area (Å²) in [5.74, 6) is 1.12. The lowest BCUT2D eigenvalue weighted by molar-refractivity contribution is 0.170. The molecule has 0 aliphatic heterocycles. The number of nitrogens with one attached hydrogen (secondary N) is 2. The van der Waals surface area contributed by atoms with E-state index < -0.39 is 12.1 Å². The smallest absolute Gasteiger partial charge is 0.319 e. The van der Waals surface area contributed by atoms with Crippen molar-refractivity contribution in [2.45, 2.75) is 12.7 Å². The van der Waals surface area contributed by atoms with Crippen molar-refractivity contribution < 1.29 is 24.1 Å². The predicted molar refractivity (Wildman–Crippen MR) is 98.7 cm³/mol. The molecular weight excluding hydrogens is 336 g/mol. The molecule has 0 saturated heterocycles. The molecule has 0 saturated carbocycles. The Bertz CT molecular complexity index is 736. The molecule has 26 heavy (non-hydrogen) atoms. The molecule has 0 heterocycles. The van der Waals surface area contributed by atoms with Gasteiger partial charge in [-0.15, -0.1) is 0 Å². The SMILES string of the molecule is COCc1cccc(NC(=O)NCC(O)c2cc(OC)ccc2OC)c1. The van der Waals surface area contributed by atoms with E-state index in [9.17, 15) is 9.90 Å². The number of amides is 2. The summed E-state index contributed by atoms with van der Waals surface area (Å²) in [4.78, 5) is 12.1. The highest BCUT2D eigenvalue weighted by molar-refractivity contribution is 5.89. The molecular formula is C19H24N2O5. The molecule has 2 aromatic carbocycles. The Morgan fingerprint density at radius 2 is 1.92 bits per heavy atom. The zero-order chi connectivity index (χ0) is 18.9. The number of aliphatic hydroxyl groups is 1. The highest BCUT2D eigenvalue weighted by atomic mass is 16.5. The zero-order valence-electron chi connectivity index (χ0n) is 15.1. The summed E-state index contributed by atoms with van der Waals surface area (Å²) in [7, 11) is 4.67. The van der Waals surface area contributed by atoms with Crippen LogP contribution in [0.1, 0.15) is 17.2 Å². The summed E-state index contributed by atoms with van der Waals surface area (Å²) in [5.41, 5.74) is 2.13. The molecule has 2 aromatic rings. The van der Waals surface area contributed by atoms with Gasteiger partial charge in [-0.25, -0.2) is 4.79 Å². The summed E-state index contributed by atoms with van der Waals surface area (Å²) in [5, 5.41) is 15.8. The second-order valence-corrected chi connectivity index (χ2v) is 5.59. The molecule has 3 N–H and O–H groups in total. The van der Waals surface area contributed by atoms with E-state index in [-0.39, 0.29) is 6.54 Å². The van der Waals surface area contributed by atoms with Gasteiger partial charge in [0.15, 0.2) is 0 Å². The van der Waals surface area contributed by atoms with Gasteiger partial charge in [-0.3, -0.25) is 0 Å². The second kappa shape index (κ2) is 9.65. The molecule has 7 heteroatoms. The fraction of sp³-hybridized carbons (Fsp3) is 0.316. The Morgan fingerprint density at radius 3 is 2.62 bits per heavy atom. The topological polar surface area (TPSA) is 89.1 Å². The van der Waals surface area contributed by atoms with Gasteiger partial charge in [0.1, 0.15) is 17.6 Å². The van der Waals surface area contributed by atoms with Crippen LogP contribution in [0.2, 0.25) is 0 Å². The van der Waals surface area contributed by atoms with Crippen molar-refractivity contribution >= 4 is 11.7 Å². The lowest BCUT2D eigenvalue weighted by atomic mass is 10.1. The Morgan fingerprint density at radius 1 is 1.12 bits per heavy atom. The normalized spacial score (nSPS) is 11.5. The average Bonchev–Trinajstić information content (AvgIpc) is 2.66. The Balaban J connectivity index is 1.95. The molecule has 0 aliphatic rings. The molecule has 1 atom stereocenters. The number of hydrogen-bond donors (Lipinski definition) is 3. The minimum Gasteiger partial charge on any atom is -0.497 e. The van der Waals surface area contributed by atoms with Crippen molar-refractivity contribution in [1.29, 1.82) is 0 Å². The predicted octanol–water partition coefficient (Wildman–Crippen LogP) is 2.71. The average molecular weight is 360 g/mol. The first-order valence-electron chi connectivity index (χ1n) is 8.10. The maximum atomic E-state index is 12.1. The third-order valence-corrected chi connectivity index (χ3v) is 3.75. The van der Waals surface area contributed by atoms with Crippen LogP contribution in [-0.4, -0.2) is 39.0 Å².